The third-order valence-electron chi connectivity index (χ3n) is 1.82. The molecule has 0 saturated carbocycles. The summed E-state index contributed by atoms with van der Waals surface area (Å²) in [7, 11) is 0. The summed E-state index contributed by atoms with van der Waals surface area (Å²) in [5.74, 6) is 0. The van der Waals surface area contributed by atoms with Crippen molar-refractivity contribution in [1.29, 1.82) is 0 Å². The highest BCUT2D eigenvalue weighted by Gasteiger charge is 2.02. The van der Waals surface area contributed by atoms with Gasteiger partial charge in [0.25, 0.3) is 0 Å². The van der Waals surface area contributed by atoms with Crippen LogP contribution in [0.2, 0.25) is 0 Å². The minimum atomic E-state index is 1.10. The molecule has 0 saturated heterocycles. The van der Waals surface area contributed by atoms with Crippen LogP contribution in [-0.2, 0) is 0 Å². The maximum atomic E-state index is 3.45. The lowest BCUT2D eigenvalue weighted by atomic mass is 10.3. The van der Waals surface area contributed by atoms with E-state index in [1.807, 2.05) is 42.7 Å². The second-order valence-corrected chi connectivity index (χ2v) is 3.68. The van der Waals surface area contributed by atoms with Crippen molar-refractivity contribution < 1.29 is 4.57 Å². The summed E-state index contributed by atoms with van der Waals surface area (Å²) >= 11 is 3.45. The number of pyridine rings is 1. The summed E-state index contributed by atoms with van der Waals surface area (Å²) < 4.78 is 3.17. The molecular weight excluding hydrogens is 226 g/mol. The van der Waals surface area contributed by atoms with Crippen LogP contribution in [0.4, 0.5) is 0 Å². The Morgan fingerprint density at radius 1 is 0.923 bits per heavy atom. The third-order valence-corrected chi connectivity index (χ3v) is 2.32. The first-order chi connectivity index (χ1) is 6.36. The highest BCUT2D eigenvalue weighted by Crippen LogP contribution is 2.10. The highest BCUT2D eigenvalue weighted by molar-refractivity contribution is 9.10. The van der Waals surface area contributed by atoms with Crippen molar-refractivity contribution in [3.63, 3.8) is 0 Å². The van der Waals surface area contributed by atoms with E-state index in [0.29, 0.717) is 0 Å². The molecule has 0 aliphatic carbocycles. The van der Waals surface area contributed by atoms with Crippen LogP contribution in [0.5, 0.6) is 0 Å². The van der Waals surface area contributed by atoms with Crippen LogP contribution in [-0.4, -0.2) is 0 Å². The lowest BCUT2D eigenvalue weighted by molar-refractivity contribution is -0.595. The van der Waals surface area contributed by atoms with E-state index in [9.17, 15) is 0 Å². The smallest absolute Gasteiger partial charge is 0.167 e. The third kappa shape index (κ3) is 1.95. The van der Waals surface area contributed by atoms with Gasteiger partial charge in [0.05, 0.1) is 0 Å². The second kappa shape index (κ2) is 3.71. The molecule has 1 aromatic carbocycles. The molecule has 0 aliphatic heterocycles. The van der Waals surface area contributed by atoms with E-state index in [1.54, 1.807) is 0 Å². The van der Waals surface area contributed by atoms with Crippen LogP contribution in [0.3, 0.4) is 0 Å². The molecule has 0 unspecified atom stereocenters. The molecule has 2 aromatic rings. The van der Waals surface area contributed by atoms with Gasteiger partial charge in [0.2, 0.25) is 5.69 Å². The molecule has 0 atom stereocenters. The number of rotatable bonds is 1. The van der Waals surface area contributed by atoms with Gasteiger partial charge < -0.3 is 0 Å². The van der Waals surface area contributed by atoms with Crippen LogP contribution < -0.4 is 4.57 Å². The van der Waals surface area contributed by atoms with Crippen molar-refractivity contribution in [3.05, 3.63) is 59.3 Å². The van der Waals surface area contributed by atoms with E-state index in [-0.39, 0.29) is 0 Å². The number of halogens is 1. The van der Waals surface area contributed by atoms with E-state index >= 15 is 0 Å². The van der Waals surface area contributed by atoms with Gasteiger partial charge in [-0.15, -0.1) is 0 Å². The molecule has 0 radical (unpaired) electrons. The Balaban J connectivity index is 2.48. The van der Waals surface area contributed by atoms with Crippen LogP contribution in [0.1, 0.15) is 0 Å². The molecule has 0 amide bonds. The first-order valence-electron chi connectivity index (χ1n) is 4.08. The normalized spacial score (nSPS) is 9.92. The zero-order valence-electron chi connectivity index (χ0n) is 7.02. The van der Waals surface area contributed by atoms with Crippen LogP contribution in [0.25, 0.3) is 5.69 Å². The van der Waals surface area contributed by atoms with Crippen molar-refractivity contribution in [2.75, 3.05) is 0 Å². The molecule has 0 aliphatic rings. The quantitative estimate of drug-likeness (QED) is 0.669. The van der Waals surface area contributed by atoms with Gasteiger partial charge in [-0.25, -0.2) is 0 Å². The van der Waals surface area contributed by atoms with Gasteiger partial charge >= 0.3 is 0 Å². The van der Waals surface area contributed by atoms with Crippen molar-refractivity contribution in [1.82, 2.24) is 0 Å². The topological polar surface area (TPSA) is 3.88 Å². The number of nitrogens with zero attached hydrogens (tertiary/aromatic N) is 1. The molecule has 0 fully saturated rings. The van der Waals surface area contributed by atoms with Crippen molar-refractivity contribution in [3.8, 4) is 5.69 Å². The summed E-state index contributed by atoms with van der Waals surface area (Å²) in [5.41, 5.74) is 1.16. The largest absolute Gasteiger partial charge is 0.211 e. The van der Waals surface area contributed by atoms with Gasteiger partial charge in [-0.2, -0.15) is 4.57 Å². The molecule has 0 spiro atoms. The lowest BCUT2D eigenvalue weighted by Gasteiger charge is -1.94. The van der Waals surface area contributed by atoms with E-state index < -0.39 is 0 Å². The molecular formula is C11H9BrN+. The SMILES string of the molecule is Brc1cccc(-[n+]2ccccc2)c1. The Morgan fingerprint density at radius 3 is 2.38 bits per heavy atom. The summed E-state index contributed by atoms with van der Waals surface area (Å²) in [4.78, 5) is 0. The summed E-state index contributed by atoms with van der Waals surface area (Å²) in [6.07, 6.45) is 4.06. The monoisotopic (exact) mass is 234 g/mol. The average molecular weight is 235 g/mol. The van der Waals surface area contributed by atoms with Gasteiger partial charge in [0.1, 0.15) is 0 Å². The standard InChI is InChI=1S/C11H9BrN/c12-10-5-4-6-11(9-10)13-7-2-1-3-8-13/h1-9H/q+1. The number of hydrogen-bond donors (Lipinski definition) is 0. The minimum absolute atomic E-state index is 1.10. The van der Waals surface area contributed by atoms with Crippen LogP contribution in [0.15, 0.2) is 59.3 Å². The molecule has 0 N–H and O–H groups in total. The highest BCUT2D eigenvalue weighted by atomic mass is 79.9. The fraction of sp³-hybridized carbons (Fsp3) is 0. The number of aromatic nitrogens is 1. The molecule has 0 bridgehead atoms. The Morgan fingerprint density at radius 2 is 1.69 bits per heavy atom. The van der Waals surface area contributed by atoms with Crippen LogP contribution in [0, 0.1) is 0 Å². The van der Waals surface area contributed by atoms with E-state index in [0.717, 1.165) is 10.2 Å². The van der Waals surface area contributed by atoms with Gasteiger partial charge in [0, 0.05) is 28.7 Å². The van der Waals surface area contributed by atoms with Crippen molar-refractivity contribution >= 4 is 15.9 Å². The molecule has 2 rings (SSSR count). The summed E-state index contributed by atoms with van der Waals surface area (Å²) in [5, 5.41) is 0. The number of benzene rings is 1. The predicted octanol–water partition coefficient (Wildman–Crippen LogP) is 2.73. The maximum Gasteiger partial charge on any atom is 0.211 e. The second-order valence-electron chi connectivity index (χ2n) is 2.76. The van der Waals surface area contributed by atoms with E-state index in [2.05, 4.69) is 32.6 Å². The molecule has 1 nitrogen and oxygen atoms in total. The van der Waals surface area contributed by atoms with Crippen molar-refractivity contribution in [2.45, 2.75) is 0 Å². The Kier molecular flexibility index (Phi) is 2.41. The molecule has 2 heteroatoms. The van der Waals surface area contributed by atoms with Gasteiger partial charge in [0.15, 0.2) is 12.4 Å². The minimum Gasteiger partial charge on any atom is -0.167 e. The molecule has 1 heterocycles. The first kappa shape index (κ1) is 8.45. The molecule has 13 heavy (non-hydrogen) atoms. The fourth-order valence-electron chi connectivity index (χ4n) is 1.21. The Bertz CT molecular complexity index is 398. The average Bonchev–Trinajstić information content (AvgIpc) is 2.19. The zero-order valence-corrected chi connectivity index (χ0v) is 8.61. The zero-order chi connectivity index (χ0) is 9.10. The lowest BCUT2D eigenvalue weighted by Crippen LogP contribution is -2.28. The van der Waals surface area contributed by atoms with Gasteiger partial charge in [-0.1, -0.05) is 28.1 Å². The first-order valence-corrected chi connectivity index (χ1v) is 4.88. The summed E-state index contributed by atoms with van der Waals surface area (Å²) in [6.45, 7) is 0. The Labute approximate surface area is 85.8 Å². The van der Waals surface area contributed by atoms with Crippen LogP contribution >= 0.6 is 15.9 Å². The maximum absolute atomic E-state index is 3.45. The van der Waals surface area contributed by atoms with Gasteiger partial charge in [-0.05, 0) is 6.07 Å². The number of hydrogen-bond acceptors (Lipinski definition) is 0. The molecule has 64 valence electrons. The summed E-state index contributed by atoms with van der Waals surface area (Å²) in [6, 6.07) is 14.2. The predicted molar refractivity (Wildman–Crippen MR) is 55.7 cm³/mol. The molecule has 1 aromatic heterocycles. The van der Waals surface area contributed by atoms with Crippen molar-refractivity contribution in [2.24, 2.45) is 0 Å². The van der Waals surface area contributed by atoms with E-state index in [1.165, 1.54) is 0 Å². The Hall–Kier alpha value is -1.15. The fourth-order valence-corrected chi connectivity index (χ4v) is 1.59. The van der Waals surface area contributed by atoms with E-state index in [4.69, 9.17) is 0 Å². The van der Waals surface area contributed by atoms with Gasteiger partial charge in [-0.3, -0.25) is 0 Å².